The van der Waals surface area contributed by atoms with E-state index in [0.717, 1.165) is 0 Å². The quantitative estimate of drug-likeness (QED) is 0.713. The van der Waals surface area contributed by atoms with Gasteiger partial charge in [-0.15, -0.1) is 0 Å². The molecule has 1 aromatic carbocycles. The third kappa shape index (κ3) is 6.38. The van der Waals surface area contributed by atoms with E-state index in [4.69, 9.17) is 9.84 Å². The maximum atomic E-state index is 12.7. The number of hydrogen-bond acceptors (Lipinski definition) is 3. The number of urea groups is 1. The Balaban J connectivity index is 2.27. The van der Waals surface area contributed by atoms with Gasteiger partial charge in [0.2, 0.25) is 0 Å². The fourth-order valence-corrected chi connectivity index (χ4v) is 1.56. The Kier molecular flexibility index (Phi) is 6.79. The third-order valence-corrected chi connectivity index (χ3v) is 2.64. The molecule has 0 aliphatic heterocycles. The van der Waals surface area contributed by atoms with Gasteiger partial charge >= 0.3 is 6.03 Å². The minimum Gasteiger partial charge on any atom is -0.489 e. The zero-order chi connectivity index (χ0) is 15.0. The molecule has 2 atom stereocenters. The summed E-state index contributed by atoms with van der Waals surface area (Å²) in [6, 6.07) is 5.32. The Morgan fingerprint density at radius 3 is 2.60 bits per heavy atom. The van der Waals surface area contributed by atoms with Crippen LogP contribution < -0.4 is 15.4 Å². The first-order chi connectivity index (χ1) is 9.51. The lowest BCUT2D eigenvalue weighted by molar-refractivity contribution is 0.204. The van der Waals surface area contributed by atoms with Gasteiger partial charge in [-0.25, -0.2) is 9.18 Å². The fraction of sp³-hybridized carbons (Fsp3) is 0.500. The third-order valence-electron chi connectivity index (χ3n) is 2.64. The number of nitrogens with one attached hydrogen (secondary N) is 2. The van der Waals surface area contributed by atoms with Crippen LogP contribution in [0.2, 0.25) is 0 Å². The van der Waals surface area contributed by atoms with Crippen LogP contribution in [0.1, 0.15) is 20.3 Å². The van der Waals surface area contributed by atoms with Crippen LogP contribution in [0.25, 0.3) is 0 Å². The SMILES string of the molecule is CC(CNC(=O)N[C@H](C)CCO)Oc1ccc(F)cc1. The topological polar surface area (TPSA) is 70.6 Å². The van der Waals surface area contributed by atoms with Crippen molar-refractivity contribution in [3.63, 3.8) is 0 Å². The molecule has 0 aliphatic rings. The summed E-state index contributed by atoms with van der Waals surface area (Å²) in [6.45, 7) is 3.98. The van der Waals surface area contributed by atoms with Gasteiger partial charge in [-0.05, 0) is 44.5 Å². The van der Waals surface area contributed by atoms with Crippen molar-refractivity contribution in [2.24, 2.45) is 0 Å². The van der Waals surface area contributed by atoms with Crippen molar-refractivity contribution in [2.45, 2.75) is 32.4 Å². The predicted molar refractivity (Wildman–Crippen MR) is 74.2 cm³/mol. The molecule has 2 amide bonds. The van der Waals surface area contributed by atoms with Gasteiger partial charge < -0.3 is 20.5 Å². The second kappa shape index (κ2) is 8.37. The molecule has 20 heavy (non-hydrogen) atoms. The van der Waals surface area contributed by atoms with E-state index in [2.05, 4.69) is 10.6 Å². The van der Waals surface area contributed by atoms with Crippen LogP contribution in [-0.2, 0) is 0 Å². The first kappa shape index (κ1) is 16.2. The van der Waals surface area contributed by atoms with E-state index in [0.29, 0.717) is 18.7 Å². The molecule has 0 spiro atoms. The second-order valence-electron chi connectivity index (χ2n) is 4.65. The standard InChI is InChI=1S/C14H21FN2O3/c1-10(7-8-18)17-14(19)16-9-11(2)20-13-5-3-12(15)4-6-13/h3-6,10-11,18H,7-9H2,1-2H3,(H2,16,17,19)/t10-,11?/m1/s1. The number of amides is 2. The highest BCUT2D eigenvalue weighted by atomic mass is 19.1. The molecule has 112 valence electrons. The van der Waals surface area contributed by atoms with E-state index in [-0.39, 0.29) is 30.6 Å². The van der Waals surface area contributed by atoms with Gasteiger partial charge in [-0.1, -0.05) is 0 Å². The average Bonchev–Trinajstić information content (AvgIpc) is 2.39. The summed E-state index contributed by atoms with van der Waals surface area (Å²) in [5.41, 5.74) is 0. The van der Waals surface area contributed by atoms with E-state index >= 15 is 0 Å². The minimum atomic E-state index is -0.319. The molecule has 6 heteroatoms. The van der Waals surface area contributed by atoms with Crippen molar-refractivity contribution in [3.05, 3.63) is 30.1 Å². The number of hydrogen-bond donors (Lipinski definition) is 3. The van der Waals surface area contributed by atoms with Gasteiger partial charge in [0.1, 0.15) is 17.7 Å². The molecule has 0 aliphatic carbocycles. The highest BCUT2D eigenvalue weighted by Crippen LogP contribution is 2.12. The lowest BCUT2D eigenvalue weighted by atomic mass is 10.2. The number of ether oxygens (including phenoxy) is 1. The zero-order valence-corrected chi connectivity index (χ0v) is 11.7. The largest absolute Gasteiger partial charge is 0.489 e. The van der Waals surface area contributed by atoms with Crippen molar-refractivity contribution >= 4 is 6.03 Å². The van der Waals surface area contributed by atoms with Crippen molar-refractivity contribution < 1.29 is 19.0 Å². The molecule has 1 unspecified atom stereocenters. The molecule has 0 saturated heterocycles. The van der Waals surface area contributed by atoms with Crippen molar-refractivity contribution in [1.29, 1.82) is 0 Å². The van der Waals surface area contributed by atoms with Crippen molar-refractivity contribution in [2.75, 3.05) is 13.2 Å². The van der Waals surface area contributed by atoms with E-state index < -0.39 is 0 Å². The van der Waals surface area contributed by atoms with Crippen LogP contribution in [0.3, 0.4) is 0 Å². The molecular weight excluding hydrogens is 263 g/mol. The van der Waals surface area contributed by atoms with Crippen LogP contribution in [0.5, 0.6) is 5.75 Å². The maximum absolute atomic E-state index is 12.7. The summed E-state index contributed by atoms with van der Waals surface area (Å²) in [5, 5.41) is 14.1. The van der Waals surface area contributed by atoms with Crippen LogP contribution in [-0.4, -0.2) is 36.4 Å². The monoisotopic (exact) mass is 284 g/mol. The predicted octanol–water partition coefficient (Wildman–Crippen LogP) is 1.66. The van der Waals surface area contributed by atoms with E-state index in [1.54, 1.807) is 6.92 Å². The number of halogens is 1. The lowest BCUT2D eigenvalue weighted by Gasteiger charge is -2.17. The Morgan fingerprint density at radius 2 is 2.00 bits per heavy atom. The molecule has 0 radical (unpaired) electrons. The van der Waals surface area contributed by atoms with Crippen LogP contribution in [0.15, 0.2) is 24.3 Å². The Bertz CT molecular complexity index is 411. The average molecular weight is 284 g/mol. The molecule has 0 fully saturated rings. The molecule has 0 bridgehead atoms. The number of aliphatic hydroxyl groups excluding tert-OH is 1. The van der Waals surface area contributed by atoms with Gasteiger partial charge in [-0.3, -0.25) is 0 Å². The molecule has 0 aromatic heterocycles. The molecule has 3 N–H and O–H groups in total. The molecule has 1 rings (SSSR count). The van der Waals surface area contributed by atoms with Crippen molar-refractivity contribution in [1.82, 2.24) is 10.6 Å². The highest BCUT2D eigenvalue weighted by Gasteiger charge is 2.09. The molecule has 5 nitrogen and oxygen atoms in total. The maximum Gasteiger partial charge on any atom is 0.315 e. The first-order valence-corrected chi connectivity index (χ1v) is 6.58. The van der Waals surface area contributed by atoms with Gasteiger partial charge in [0.05, 0.1) is 6.54 Å². The lowest BCUT2D eigenvalue weighted by Crippen LogP contribution is -2.44. The summed E-state index contributed by atoms with van der Waals surface area (Å²) < 4.78 is 18.2. The van der Waals surface area contributed by atoms with E-state index in [1.165, 1.54) is 24.3 Å². The number of carbonyl (C=O) groups is 1. The zero-order valence-electron chi connectivity index (χ0n) is 11.7. The molecule has 1 aromatic rings. The molecule has 0 saturated carbocycles. The fourth-order valence-electron chi connectivity index (χ4n) is 1.56. The number of benzene rings is 1. The molecular formula is C14H21FN2O3. The van der Waals surface area contributed by atoms with E-state index in [9.17, 15) is 9.18 Å². The van der Waals surface area contributed by atoms with Gasteiger partial charge in [-0.2, -0.15) is 0 Å². The van der Waals surface area contributed by atoms with Crippen molar-refractivity contribution in [3.8, 4) is 5.75 Å². The Hall–Kier alpha value is -1.82. The first-order valence-electron chi connectivity index (χ1n) is 6.58. The minimum absolute atomic E-state index is 0.0333. The number of carbonyl (C=O) groups excluding carboxylic acids is 1. The van der Waals surface area contributed by atoms with Crippen LogP contribution in [0, 0.1) is 5.82 Å². The summed E-state index contributed by atoms with van der Waals surface area (Å²) >= 11 is 0. The Labute approximate surface area is 118 Å². The van der Waals surface area contributed by atoms with Crippen LogP contribution in [0.4, 0.5) is 9.18 Å². The normalized spacial score (nSPS) is 13.4. The highest BCUT2D eigenvalue weighted by molar-refractivity contribution is 5.74. The summed E-state index contributed by atoms with van der Waals surface area (Å²) in [6.07, 6.45) is 0.272. The number of aliphatic hydroxyl groups is 1. The summed E-state index contributed by atoms with van der Waals surface area (Å²) in [4.78, 5) is 11.5. The molecule has 0 heterocycles. The van der Waals surface area contributed by atoms with Gasteiger partial charge in [0, 0.05) is 12.6 Å². The second-order valence-corrected chi connectivity index (χ2v) is 4.65. The Morgan fingerprint density at radius 1 is 1.35 bits per heavy atom. The summed E-state index contributed by atoms with van der Waals surface area (Å²) in [5.74, 6) is 0.232. The van der Waals surface area contributed by atoms with E-state index in [1.807, 2.05) is 6.92 Å². The van der Waals surface area contributed by atoms with Gasteiger partial charge in [0.15, 0.2) is 0 Å². The number of rotatable bonds is 7. The smallest absolute Gasteiger partial charge is 0.315 e. The van der Waals surface area contributed by atoms with Crippen LogP contribution >= 0.6 is 0 Å². The summed E-state index contributed by atoms with van der Waals surface area (Å²) in [7, 11) is 0. The van der Waals surface area contributed by atoms with Gasteiger partial charge in [0.25, 0.3) is 0 Å².